The van der Waals surface area contributed by atoms with Gasteiger partial charge in [-0.05, 0) is 30.0 Å². The number of benzene rings is 1. The minimum atomic E-state index is -1.09. The van der Waals surface area contributed by atoms with Gasteiger partial charge in [0.05, 0.1) is 0 Å². The van der Waals surface area contributed by atoms with Crippen LogP contribution in [0, 0.1) is 0 Å². The second kappa shape index (κ2) is 4.07. The van der Waals surface area contributed by atoms with Crippen LogP contribution in [0.15, 0.2) is 18.2 Å². The fourth-order valence-corrected chi connectivity index (χ4v) is 2.50. The molecule has 3 nitrogen and oxygen atoms in total. The van der Waals surface area contributed by atoms with Crippen molar-refractivity contribution in [2.75, 3.05) is 7.11 Å². The first-order chi connectivity index (χ1) is 7.59. The second-order valence-electron chi connectivity index (χ2n) is 4.06. The van der Waals surface area contributed by atoms with Crippen LogP contribution in [-0.2, 0) is 22.4 Å². The van der Waals surface area contributed by atoms with Gasteiger partial charge in [-0.3, -0.25) is 0 Å². The molecule has 1 aliphatic carbocycles. The van der Waals surface area contributed by atoms with Crippen LogP contribution >= 0.6 is 11.6 Å². The first-order valence-corrected chi connectivity index (χ1v) is 5.52. The third-order valence-electron chi connectivity index (χ3n) is 3.25. The maximum absolute atomic E-state index is 11.2. The van der Waals surface area contributed by atoms with Crippen molar-refractivity contribution in [3.05, 3.63) is 34.3 Å². The molecule has 0 aromatic heterocycles. The van der Waals surface area contributed by atoms with Gasteiger partial charge in [-0.25, -0.2) is 4.79 Å². The summed E-state index contributed by atoms with van der Waals surface area (Å²) in [6, 6.07) is 5.59. The Hall–Kier alpha value is -1.06. The molecule has 0 saturated carbocycles. The first kappa shape index (κ1) is 11.4. The lowest BCUT2D eigenvalue weighted by molar-refractivity contribution is -0.163. The number of hydrogen-bond donors (Lipinski definition) is 1. The average Bonchev–Trinajstić information content (AvgIpc) is 2.28. The van der Waals surface area contributed by atoms with Gasteiger partial charge in [-0.1, -0.05) is 23.7 Å². The van der Waals surface area contributed by atoms with Crippen LogP contribution in [0.5, 0.6) is 0 Å². The number of hydrogen-bond acceptors (Lipinski definition) is 2. The summed E-state index contributed by atoms with van der Waals surface area (Å²) >= 11 is 6.07. The first-order valence-electron chi connectivity index (χ1n) is 5.14. The number of rotatable bonds is 2. The Bertz CT molecular complexity index is 430. The molecule has 0 bridgehead atoms. The topological polar surface area (TPSA) is 46.5 Å². The number of carboxylic acids is 1. The second-order valence-corrected chi connectivity index (χ2v) is 4.47. The lowest BCUT2D eigenvalue weighted by Crippen LogP contribution is -2.45. The van der Waals surface area contributed by atoms with Crippen LogP contribution in [-0.4, -0.2) is 23.8 Å². The zero-order valence-electron chi connectivity index (χ0n) is 9.00. The molecule has 0 aliphatic heterocycles. The minimum absolute atomic E-state index is 0.384. The molecule has 1 aromatic rings. The Balaban J connectivity index is 2.40. The van der Waals surface area contributed by atoms with Gasteiger partial charge in [0.1, 0.15) is 0 Å². The van der Waals surface area contributed by atoms with E-state index in [-0.39, 0.29) is 0 Å². The average molecular weight is 241 g/mol. The lowest BCUT2D eigenvalue weighted by atomic mass is 9.80. The van der Waals surface area contributed by atoms with Crippen molar-refractivity contribution in [3.63, 3.8) is 0 Å². The predicted molar refractivity (Wildman–Crippen MR) is 60.9 cm³/mol. The zero-order valence-corrected chi connectivity index (χ0v) is 9.75. The monoisotopic (exact) mass is 240 g/mol. The van der Waals surface area contributed by atoms with Crippen molar-refractivity contribution >= 4 is 17.6 Å². The highest BCUT2D eigenvalue weighted by Gasteiger charge is 2.42. The van der Waals surface area contributed by atoms with Gasteiger partial charge >= 0.3 is 5.97 Å². The Kier molecular flexibility index (Phi) is 2.91. The summed E-state index contributed by atoms with van der Waals surface area (Å²) in [6.07, 6.45) is 1.50. The van der Waals surface area contributed by atoms with Crippen LogP contribution in [0.3, 0.4) is 0 Å². The van der Waals surface area contributed by atoms with Crippen molar-refractivity contribution in [3.8, 4) is 0 Å². The number of aliphatic carboxylic acids is 1. The normalized spacial score (nSPS) is 23.9. The van der Waals surface area contributed by atoms with E-state index in [2.05, 4.69) is 0 Å². The Morgan fingerprint density at radius 1 is 1.56 bits per heavy atom. The van der Waals surface area contributed by atoms with Gasteiger partial charge in [0.25, 0.3) is 0 Å². The van der Waals surface area contributed by atoms with E-state index < -0.39 is 11.6 Å². The number of carboxylic acid groups (broad SMARTS) is 1. The molecule has 1 atom stereocenters. The molecular formula is C12H13ClO3. The van der Waals surface area contributed by atoms with Gasteiger partial charge in [0.15, 0.2) is 5.60 Å². The molecule has 0 saturated heterocycles. The molecule has 1 aliphatic rings. The maximum Gasteiger partial charge on any atom is 0.336 e. The quantitative estimate of drug-likeness (QED) is 0.863. The van der Waals surface area contributed by atoms with E-state index in [9.17, 15) is 9.90 Å². The lowest BCUT2D eigenvalue weighted by Gasteiger charge is -2.33. The summed E-state index contributed by atoms with van der Waals surface area (Å²) in [5, 5.41) is 9.94. The Morgan fingerprint density at radius 3 is 2.94 bits per heavy atom. The van der Waals surface area contributed by atoms with Crippen molar-refractivity contribution < 1.29 is 14.6 Å². The highest BCUT2D eigenvalue weighted by Crippen LogP contribution is 2.34. The molecule has 0 heterocycles. The van der Waals surface area contributed by atoms with Crippen molar-refractivity contribution in [2.45, 2.75) is 24.9 Å². The third kappa shape index (κ3) is 1.70. The summed E-state index contributed by atoms with van der Waals surface area (Å²) < 4.78 is 5.19. The van der Waals surface area contributed by atoms with E-state index in [0.717, 1.165) is 11.1 Å². The molecule has 4 heteroatoms. The molecule has 0 radical (unpaired) electrons. The fraction of sp³-hybridized carbons (Fsp3) is 0.417. The summed E-state index contributed by atoms with van der Waals surface area (Å²) in [4.78, 5) is 11.2. The van der Waals surface area contributed by atoms with Crippen LogP contribution in [0.25, 0.3) is 0 Å². The van der Waals surface area contributed by atoms with Crippen LogP contribution in [0.4, 0.5) is 0 Å². The largest absolute Gasteiger partial charge is 0.479 e. The fourth-order valence-electron chi connectivity index (χ4n) is 2.22. The molecule has 0 fully saturated rings. The number of halogens is 1. The van der Waals surface area contributed by atoms with Crippen LogP contribution in [0.2, 0.25) is 5.02 Å². The third-order valence-corrected chi connectivity index (χ3v) is 3.61. The van der Waals surface area contributed by atoms with E-state index in [4.69, 9.17) is 16.3 Å². The van der Waals surface area contributed by atoms with Gasteiger partial charge < -0.3 is 9.84 Å². The van der Waals surface area contributed by atoms with Gasteiger partial charge in [-0.2, -0.15) is 0 Å². The Morgan fingerprint density at radius 2 is 2.31 bits per heavy atom. The maximum atomic E-state index is 11.2. The summed E-state index contributed by atoms with van der Waals surface area (Å²) in [5.74, 6) is -0.902. The molecule has 16 heavy (non-hydrogen) atoms. The van der Waals surface area contributed by atoms with Crippen molar-refractivity contribution in [2.24, 2.45) is 0 Å². The van der Waals surface area contributed by atoms with E-state index in [1.807, 2.05) is 18.2 Å². The molecule has 0 amide bonds. The minimum Gasteiger partial charge on any atom is -0.479 e. The molecular weight excluding hydrogens is 228 g/mol. The van der Waals surface area contributed by atoms with E-state index in [0.29, 0.717) is 24.3 Å². The standard InChI is InChI=1S/C12H13ClO3/c1-16-12(11(14)15)6-5-9-8(7-12)3-2-4-10(9)13/h2-4H,5-7H2,1H3,(H,14,15). The molecule has 1 aromatic carbocycles. The van der Waals surface area contributed by atoms with Crippen LogP contribution < -0.4 is 0 Å². The van der Waals surface area contributed by atoms with E-state index >= 15 is 0 Å². The number of methoxy groups -OCH3 is 1. The zero-order chi connectivity index (χ0) is 11.8. The summed E-state index contributed by atoms with van der Waals surface area (Å²) in [7, 11) is 1.45. The van der Waals surface area contributed by atoms with E-state index in [1.165, 1.54) is 7.11 Å². The predicted octanol–water partition coefficient (Wildman–Crippen LogP) is 2.30. The molecule has 2 rings (SSSR count). The number of fused-ring (bicyclic) bond motifs is 1. The highest BCUT2D eigenvalue weighted by molar-refractivity contribution is 6.31. The number of carbonyl (C=O) groups is 1. The van der Waals surface area contributed by atoms with Gasteiger partial charge in [0.2, 0.25) is 0 Å². The van der Waals surface area contributed by atoms with E-state index in [1.54, 1.807) is 0 Å². The van der Waals surface area contributed by atoms with Crippen LogP contribution in [0.1, 0.15) is 17.5 Å². The molecule has 1 N–H and O–H groups in total. The summed E-state index contributed by atoms with van der Waals surface area (Å²) in [6.45, 7) is 0. The van der Waals surface area contributed by atoms with Crippen molar-refractivity contribution in [1.29, 1.82) is 0 Å². The highest BCUT2D eigenvalue weighted by atomic mass is 35.5. The molecule has 1 unspecified atom stereocenters. The smallest absolute Gasteiger partial charge is 0.336 e. The SMILES string of the molecule is COC1(C(=O)O)CCc2c(Cl)cccc2C1. The number of ether oxygens (including phenoxy) is 1. The van der Waals surface area contributed by atoms with Crippen molar-refractivity contribution in [1.82, 2.24) is 0 Å². The van der Waals surface area contributed by atoms with Gasteiger partial charge in [0, 0.05) is 18.6 Å². The Labute approximate surface area is 99.0 Å². The van der Waals surface area contributed by atoms with Gasteiger partial charge in [-0.15, -0.1) is 0 Å². The molecule has 0 spiro atoms. The molecule has 86 valence electrons. The summed E-state index contributed by atoms with van der Waals surface area (Å²) in [5.41, 5.74) is 0.943.